The number of nitro benzene ring substituents is 1. The van der Waals surface area contributed by atoms with Crippen LogP contribution in [0.15, 0.2) is 18.2 Å². The molecule has 0 saturated carbocycles. The molecule has 2 fully saturated rings. The molecule has 2 aliphatic rings. The number of nitrogens with zero attached hydrogens (tertiary/aromatic N) is 4. The molecule has 2 saturated heterocycles. The lowest BCUT2D eigenvalue weighted by Gasteiger charge is -2.38. The van der Waals surface area contributed by atoms with Crippen LogP contribution in [0.4, 0.5) is 11.4 Å². The van der Waals surface area contributed by atoms with Gasteiger partial charge in [0.15, 0.2) is 0 Å². The molecule has 2 aliphatic heterocycles. The Morgan fingerprint density at radius 3 is 2.62 bits per heavy atom. The van der Waals surface area contributed by atoms with Crippen molar-refractivity contribution in [3.63, 3.8) is 0 Å². The van der Waals surface area contributed by atoms with Gasteiger partial charge >= 0.3 is 0 Å². The predicted molar refractivity (Wildman–Crippen MR) is 102 cm³/mol. The van der Waals surface area contributed by atoms with Gasteiger partial charge < -0.3 is 9.80 Å². The number of hydrogen-bond donors (Lipinski definition) is 0. The van der Waals surface area contributed by atoms with E-state index in [0.29, 0.717) is 49.5 Å². The molecule has 0 aromatic heterocycles. The zero-order valence-corrected chi connectivity index (χ0v) is 15.8. The Balaban J connectivity index is 1.58. The molecule has 0 aliphatic carbocycles. The van der Waals surface area contributed by atoms with Crippen LogP contribution < -0.4 is 4.90 Å². The van der Waals surface area contributed by atoms with Crippen molar-refractivity contribution in [1.82, 2.24) is 9.80 Å². The second-order valence-electron chi connectivity index (χ2n) is 7.09. The number of carbonyl (C=O) groups excluding carboxylic acids is 1. The largest absolute Gasteiger partial charge is 0.363 e. The molecule has 142 valence electrons. The van der Waals surface area contributed by atoms with Crippen molar-refractivity contribution in [2.45, 2.75) is 32.2 Å². The Morgan fingerprint density at radius 2 is 1.96 bits per heavy atom. The first kappa shape index (κ1) is 18.9. The van der Waals surface area contributed by atoms with Crippen molar-refractivity contribution in [2.24, 2.45) is 0 Å². The summed E-state index contributed by atoms with van der Waals surface area (Å²) in [6.45, 7) is 6.16. The molecule has 0 spiro atoms. The molecular weight excluding hydrogens is 356 g/mol. The van der Waals surface area contributed by atoms with Gasteiger partial charge in [0.05, 0.1) is 11.5 Å². The van der Waals surface area contributed by atoms with Crippen LogP contribution in [0.2, 0.25) is 5.02 Å². The fourth-order valence-corrected chi connectivity index (χ4v) is 3.97. The third kappa shape index (κ3) is 4.27. The van der Waals surface area contributed by atoms with E-state index in [4.69, 9.17) is 11.6 Å². The Hall–Kier alpha value is -1.86. The highest BCUT2D eigenvalue weighted by atomic mass is 35.5. The molecule has 0 bridgehead atoms. The highest BCUT2D eigenvalue weighted by Crippen LogP contribution is 2.31. The summed E-state index contributed by atoms with van der Waals surface area (Å²) in [5.41, 5.74) is 0.624. The van der Waals surface area contributed by atoms with Crippen LogP contribution in [-0.2, 0) is 4.79 Å². The van der Waals surface area contributed by atoms with Gasteiger partial charge in [-0.1, -0.05) is 11.6 Å². The number of halogens is 1. The van der Waals surface area contributed by atoms with E-state index in [1.54, 1.807) is 12.1 Å². The molecule has 1 unspecified atom stereocenters. The Morgan fingerprint density at radius 1 is 1.23 bits per heavy atom. The highest BCUT2D eigenvalue weighted by Gasteiger charge is 2.28. The summed E-state index contributed by atoms with van der Waals surface area (Å²) in [4.78, 5) is 29.6. The van der Waals surface area contributed by atoms with Crippen LogP contribution in [0.1, 0.15) is 26.2 Å². The Kier molecular flexibility index (Phi) is 5.98. The van der Waals surface area contributed by atoms with Crippen molar-refractivity contribution in [3.8, 4) is 0 Å². The quantitative estimate of drug-likeness (QED) is 0.593. The normalized spacial score (nSPS) is 21.7. The first-order valence-corrected chi connectivity index (χ1v) is 9.54. The average molecular weight is 381 g/mol. The van der Waals surface area contributed by atoms with Gasteiger partial charge in [0.2, 0.25) is 5.91 Å². The molecule has 0 N–H and O–H groups in total. The molecule has 1 aromatic carbocycles. The molecule has 0 radical (unpaired) electrons. The smallest absolute Gasteiger partial charge is 0.294 e. The van der Waals surface area contributed by atoms with Crippen molar-refractivity contribution in [3.05, 3.63) is 33.3 Å². The number of piperazine rings is 1. The molecule has 2 heterocycles. The maximum atomic E-state index is 12.6. The van der Waals surface area contributed by atoms with Crippen molar-refractivity contribution in [2.75, 3.05) is 44.2 Å². The summed E-state index contributed by atoms with van der Waals surface area (Å²) >= 11 is 5.89. The first-order valence-electron chi connectivity index (χ1n) is 9.16. The van der Waals surface area contributed by atoms with E-state index in [2.05, 4.69) is 11.8 Å². The van der Waals surface area contributed by atoms with Crippen LogP contribution in [0.25, 0.3) is 0 Å². The maximum Gasteiger partial charge on any atom is 0.294 e. The predicted octanol–water partition coefficient (Wildman–Crippen LogP) is 2.77. The summed E-state index contributed by atoms with van der Waals surface area (Å²) in [7, 11) is 0. The van der Waals surface area contributed by atoms with E-state index in [0.717, 1.165) is 19.4 Å². The van der Waals surface area contributed by atoms with E-state index in [-0.39, 0.29) is 11.6 Å². The summed E-state index contributed by atoms with van der Waals surface area (Å²) < 4.78 is 0. The van der Waals surface area contributed by atoms with Gasteiger partial charge in [-0.25, -0.2) is 0 Å². The fourth-order valence-electron chi connectivity index (χ4n) is 3.81. The third-order valence-electron chi connectivity index (χ3n) is 5.33. The van der Waals surface area contributed by atoms with E-state index in [1.807, 2.05) is 9.80 Å². The van der Waals surface area contributed by atoms with Crippen LogP contribution in [-0.4, -0.2) is 65.9 Å². The molecule has 3 rings (SSSR count). The number of rotatable bonds is 4. The van der Waals surface area contributed by atoms with Crippen LogP contribution in [0.5, 0.6) is 0 Å². The van der Waals surface area contributed by atoms with Gasteiger partial charge in [0.1, 0.15) is 5.69 Å². The van der Waals surface area contributed by atoms with E-state index in [1.165, 1.54) is 12.5 Å². The van der Waals surface area contributed by atoms with E-state index < -0.39 is 4.92 Å². The van der Waals surface area contributed by atoms with Gasteiger partial charge in [0, 0.05) is 49.9 Å². The van der Waals surface area contributed by atoms with Gasteiger partial charge in [-0.2, -0.15) is 0 Å². The second-order valence-corrected chi connectivity index (χ2v) is 7.52. The van der Waals surface area contributed by atoms with Crippen LogP contribution in [0.3, 0.4) is 0 Å². The number of likely N-dealkylation sites (tertiary alicyclic amines) is 1. The summed E-state index contributed by atoms with van der Waals surface area (Å²) in [6.07, 6.45) is 3.37. The Bertz CT molecular complexity index is 676. The summed E-state index contributed by atoms with van der Waals surface area (Å²) in [5.74, 6) is 0.197. The van der Waals surface area contributed by atoms with E-state index in [9.17, 15) is 14.9 Å². The number of nitro groups is 1. The standard InChI is InChI=1S/C18H25ClN4O3/c1-14-4-2-3-7-22(14)18(24)13-20-8-10-21(11-9-20)16-6-5-15(19)12-17(16)23(25)26/h5-6,12,14H,2-4,7-11,13H2,1H3. The van der Waals surface area contributed by atoms with Gasteiger partial charge in [0.25, 0.3) is 5.69 Å². The number of benzene rings is 1. The molecule has 8 heteroatoms. The number of piperidine rings is 1. The van der Waals surface area contributed by atoms with Crippen molar-refractivity contribution >= 4 is 28.9 Å². The van der Waals surface area contributed by atoms with Gasteiger partial charge in [-0.05, 0) is 38.3 Å². The van der Waals surface area contributed by atoms with Crippen LogP contribution >= 0.6 is 11.6 Å². The van der Waals surface area contributed by atoms with Gasteiger partial charge in [-0.3, -0.25) is 19.8 Å². The molecule has 26 heavy (non-hydrogen) atoms. The third-order valence-corrected chi connectivity index (χ3v) is 5.56. The molecule has 7 nitrogen and oxygen atoms in total. The number of hydrogen-bond acceptors (Lipinski definition) is 5. The second kappa shape index (κ2) is 8.22. The lowest BCUT2D eigenvalue weighted by molar-refractivity contribution is -0.384. The SMILES string of the molecule is CC1CCCCN1C(=O)CN1CCN(c2ccc(Cl)cc2[N+](=O)[O-])CC1. The number of carbonyl (C=O) groups is 1. The zero-order valence-electron chi connectivity index (χ0n) is 15.1. The number of anilines is 1. The lowest BCUT2D eigenvalue weighted by atomic mass is 10.0. The molecule has 1 atom stereocenters. The fraction of sp³-hybridized carbons (Fsp3) is 0.611. The minimum atomic E-state index is -0.394. The maximum absolute atomic E-state index is 12.6. The number of amides is 1. The topological polar surface area (TPSA) is 69.9 Å². The molecule has 1 aromatic rings. The summed E-state index contributed by atoms with van der Waals surface area (Å²) in [5, 5.41) is 11.7. The van der Waals surface area contributed by atoms with Gasteiger partial charge in [-0.15, -0.1) is 0 Å². The lowest BCUT2D eigenvalue weighted by Crippen LogP contribution is -2.52. The Labute approximate surface area is 158 Å². The highest BCUT2D eigenvalue weighted by molar-refractivity contribution is 6.30. The van der Waals surface area contributed by atoms with Crippen LogP contribution in [0, 0.1) is 10.1 Å². The monoisotopic (exact) mass is 380 g/mol. The minimum absolute atomic E-state index is 0.0316. The van der Waals surface area contributed by atoms with Crippen molar-refractivity contribution in [1.29, 1.82) is 0 Å². The minimum Gasteiger partial charge on any atom is -0.363 e. The van der Waals surface area contributed by atoms with Crippen molar-refractivity contribution < 1.29 is 9.72 Å². The first-order chi connectivity index (χ1) is 12.5. The average Bonchev–Trinajstić information content (AvgIpc) is 2.62. The summed E-state index contributed by atoms with van der Waals surface area (Å²) in [6, 6.07) is 5.10. The zero-order chi connectivity index (χ0) is 18.7. The molecular formula is C18H25ClN4O3. The van der Waals surface area contributed by atoms with E-state index >= 15 is 0 Å². The molecule has 1 amide bonds.